The van der Waals surface area contributed by atoms with Crippen LogP contribution in [0.2, 0.25) is 0 Å². The van der Waals surface area contributed by atoms with Gasteiger partial charge in [-0.15, -0.1) is 0 Å². The average Bonchev–Trinajstić information content (AvgIpc) is 2.31. The Kier molecular flexibility index (Phi) is 1.72. The predicted octanol–water partition coefficient (Wildman–Crippen LogP) is -0.658. The van der Waals surface area contributed by atoms with Crippen molar-refractivity contribution in [3.63, 3.8) is 0 Å². The summed E-state index contributed by atoms with van der Waals surface area (Å²) in [5, 5.41) is 4.22. The topological polar surface area (TPSA) is 64.2 Å². The van der Waals surface area contributed by atoms with Crippen molar-refractivity contribution in [3.8, 4) is 0 Å². The number of carbonyl (C=O) groups is 1. The van der Waals surface area contributed by atoms with Crippen LogP contribution in [0.4, 0.5) is 5.82 Å². The van der Waals surface area contributed by atoms with Gasteiger partial charge < -0.3 is 10.6 Å². The zero-order valence-electron chi connectivity index (χ0n) is 7.47. The van der Waals surface area contributed by atoms with Gasteiger partial charge in [-0.1, -0.05) is 0 Å². The number of amides is 1. The van der Waals surface area contributed by atoms with Gasteiger partial charge in [0.2, 0.25) is 5.91 Å². The van der Waals surface area contributed by atoms with Gasteiger partial charge >= 0.3 is 0 Å². The fourth-order valence-electron chi connectivity index (χ4n) is 1.42. The molecule has 2 rings (SSSR count). The molecular formula is C8H12N4O. The summed E-state index contributed by atoms with van der Waals surface area (Å²) in [6, 6.07) is 1.93. The summed E-state index contributed by atoms with van der Waals surface area (Å²) < 4.78 is 1.74. The minimum absolute atomic E-state index is 0.00186. The fraction of sp³-hybridized carbons (Fsp3) is 0.500. The Morgan fingerprint density at radius 2 is 2.38 bits per heavy atom. The number of primary amides is 1. The van der Waals surface area contributed by atoms with Crippen LogP contribution in [-0.2, 0) is 11.8 Å². The van der Waals surface area contributed by atoms with Gasteiger partial charge in [0, 0.05) is 32.4 Å². The highest BCUT2D eigenvalue weighted by Crippen LogP contribution is 2.21. The van der Waals surface area contributed by atoms with Crippen LogP contribution in [0.3, 0.4) is 0 Å². The first-order valence-corrected chi connectivity index (χ1v) is 4.21. The molecule has 0 bridgehead atoms. The van der Waals surface area contributed by atoms with Gasteiger partial charge in [-0.25, -0.2) is 0 Å². The molecule has 0 unspecified atom stereocenters. The number of nitrogens with two attached hydrogens (primary N) is 1. The van der Waals surface area contributed by atoms with Gasteiger partial charge in [-0.2, -0.15) is 5.10 Å². The first-order chi connectivity index (χ1) is 6.16. The summed E-state index contributed by atoms with van der Waals surface area (Å²) >= 11 is 0. The highest BCUT2D eigenvalue weighted by molar-refractivity contribution is 5.79. The van der Waals surface area contributed by atoms with Gasteiger partial charge in [0.1, 0.15) is 0 Å². The van der Waals surface area contributed by atoms with E-state index in [2.05, 4.69) is 5.10 Å². The molecule has 0 atom stereocenters. The lowest BCUT2D eigenvalue weighted by atomic mass is 10.00. The number of hydrogen-bond acceptors (Lipinski definition) is 3. The van der Waals surface area contributed by atoms with E-state index >= 15 is 0 Å². The Morgan fingerprint density at radius 1 is 1.69 bits per heavy atom. The monoisotopic (exact) mass is 180 g/mol. The molecule has 70 valence electrons. The molecule has 0 spiro atoms. The molecule has 1 aliphatic heterocycles. The molecular weight excluding hydrogens is 168 g/mol. The molecule has 2 heterocycles. The summed E-state index contributed by atoms with van der Waals surface area (Å²) in [5.41, 5.74) is 5.15. The summed E-state index contributed by atoms with van der Waals surface area (Å²) in [6.07, 6.45) is 1.88. The van der Waals surface area contributed by atoms with Crippen LogP contribution in [0.15, 0.2) is 12.3 Å². The number of carbonyl (C=O) groups excluding carboxylic acids is 1. The second-order valence-corrected chi connectivity index (χ2v) is 3.35. The van der Waals surface area contributed by atoms with Crippen LogP contribution in [0, 0.1) is 5.92 Å². The fourth-order valence-corrected chi connectivity index (χ4v) is 1.42. The number of hydrogen-bond donors (Lipinski definition) is 1. The average molecular weight is 180 g/mol. The Balaban J connectivity index is 1.97. The van der Waals surface area contributed by atoms with Crippen LogP contribution in [0.1, 0.15) is 0 Å². The molecule has 13 heavy (non-hydrogen) atoms. The summed E-state index contributed by atoms with van der Waals surface area (Å²) in [6.45, 7) is 1.40. The molecule has 1 aromatic rings. The van der Waals surface area contributed by atoms with E-state index < -0.39 is 0 Å². The maximum atomic E-state index is 10.7. The van der Waals surface area contributed by atoms with Gasteiger partial charge in [0.05, 0.1) is 5.92 Å². The molecule has 0 saturated carbocycles. The van der Waals surface area contributed by atoms with Gasteiger partial charge in [-0.3, -0.25) is 9.48 Å². The van der Waals surface area contributed by atoms with Crippen LogP contribution >= 0.6 is 0 Å². The Labute approximate surface area is 76.1 Å². The molecule has 0 aromatic carbocycles. The Morgan fingerprint density at radius 3 is 2.85 bits per heavy atom. The normalized spacial score (nSPS) is 17.2. The number of rotatable bonds is 2. The van der Waals surface area contributed by atoms with Crippen LogP contribution in [0.25, 0.3) is 0 Å². The molecule has 5 heteroatoms. The molecule has 1 amide bonds. The second-order valence-electron chi connectivity index (χ2n) is 3.35. The standard InChI is InChI=1S/C8H12N4O/c1-11-3-2-7(10-11)12-4-6(5-12)8(9)13/h2-3,6H,4-5H2,1H3,(H2,9,13). The highest BCUT2D eigenvalue weighted by atomic mass is 16.1. The van der Waals surface area contributed by atoms with Gasteiger partial charge in [0.15, 0.2) is 5.82 Å². The third kappa shape index (κ3) is 1.37. The van der Waals surface area contributed by atoms with Crippen LogP contribution < -0.4 is 10.6 Å². The number of aromatic nitrogens is 2. The number of aryl methyl sites for hydroxylation is 1. The molecule has 0 aliphatic carbocycles. The van der Waals surface area contributed by atoms with Gasteiger partial charge in [-0.05, 0) is 0 Å². The van der Waals surface area contributed by atoms with Crippen LogP contribution in [0.5, 0.6) is 0 Å². The summed E-state index contributed by atoms with van der Waals surface area (Å²) in [7, 11) is 1.87. The van der Waals surface area contributed by atoms with E-state index in [0.717, 1.165) is 5.82 Å². The van der Waals surface area contributed by atoms with Gasteiger partial charge in [0.25, 0.3) is 0 Å². The second kappa shape index (κ2) is 2.76. The first-order valence-electron chi connectivity index (χ1n) is 4.21. The molecule has 1 aromatic heterocycles. The van der Waals surface area contributed by atoms with Crippen LogP contribution in [-0.4, -0.2) is 28.8 Å². The van der Waals surface area contributed by atoms with Crippen molar-refractivity contribution >= 4 is 11.7 Å². The first kappa shape index (κ1) is 8.10. The lowest BCUT2D eigenvalue weighted by Crippen LogP contribution is -2.52. The SMILES string of the molecule is Cn1ccc(N2CC(C(N)=O)C2)n1. The lowest BCUT2D eigenvalue weighted by molar-refractivity contribution is -0.122. The van der Waals surface area contributed by atoms with E-state index in [9.17, 15) is 4.79 Å². The molecule has 0 radical (unpaired) electrons. The minimum Gasteiger partial charge on any atom is -0.369 e. The minimum atomic E-state index is -0.216. The van der Waals surface area contributed by atoms with Crippen molar-refractivity contribution < 1.29 is 4.79 Å². The summed E-state index contributed by atoms with van der Waals surface area (Å²) in [5.74, 6) is 0.703. The zero-order chi connectivity index (χ0) is 9.42. The van der Waals surface area contributed by atoms with Crippen molar-refractivity contribution in [2.24, 2.45) is 18.7 Å². The van der Waals surface area contributed by atoms with E-state index in [1.54, 1.807) is 4.68 Å². The predicted molar refractivity (Wildman–Crippen MR) is 48.1 cm³/mol. The highest BCUT2D eigenvalue weighted by Gasteiger charge is 2.32. The third-order valence-electron chi connectivity index (χ3n) is 2.31. The van der Waals surface area contributed by atoms with E-state index in [4.69, 9.17) is 5.73 Å². The number of anilines is 1. The van der Waals surface area contributed by atoms with Crippen molar-refractivity contribution in [1.29, 1.82) is 0 Å². The largest absolute Gasteiger partial charge is 0.369 e. The maximum Gasteiger partial charge on any atom is 0.224 e. The summed E-state index contributed by atoms with van der Waals surface area (Å²) in [4.78, 5) is 12.8. The number of nitrogens with zero attached hydrogens (tertiary/aromatic N) is 3. The Hall–Kier alpha value is -1.52. The van der Waals surface area contributed by atoms with Crippen molar-refractivity contribution in [2.75, 3.05) is 18.0 Å². The molecule has 1 fully saturated rings. The maximum absolute atomic E-state index is 10.7. The third-order valence-corrected chi connectivity index (χ3v) is 2.31. The quantitative estimate of drug-likeness (QED) is 0.657. The Bertz CT molecular complexity index is 327. The zero-order valence-corrected chi connectivity index (χ0v) is 7.47. The van der Waals surface area contributed by atoms with E-state index in [1.165, 1.54) is 0 Å². The van der Waals surface area contributed by atoms with Crippen molar-refractivity contribution in [3.05, 3.63) is 12.3 Å². The van der Waals surface area contributed by atoms with E-state index in [-0.39, 0.29) is 11.8 Å². The van der Waals surface area contributed by atoms with E-state index in [1.807, 2.05) is 24.2 Å². The van der Waals surface area contributed by atoms with E-state index in [0.29, 0.717) is 13.1 Å². The van der Waals surface area contributed by atoms with Crippen molar-refractivity contribution in [1.82, 2.24) is 9.78 Å². The lowest BCUT2D eigenvalue weighted by Gasteiger charge is -2.37. The smallest absolute Gasteiger partial charge is 0.224 e. The molecule has 1 saturated heterocycles. The molecule has 5 nitrogen and oxygen atoms in total. The molecule has 1 aliphatic rings. The molecule has 2 N–H and O–H groups in total. The van der Waals surface area contributed by atoms with Crippen molar-refractivity contribution in [2.45, 2.75) is 0 Å².